The van der Waals surface area contributed by atoms with Crippen LogP contribution in [-0.4, -0.2) is 42.5 Å². The molecule has 0 saturated carbocycles. The maximum absolute atomic E-state index is 12.2. The van der Waals surface area contributed by atoms with E-state index in [-0.39, 0.29) is 12.0 Å². The maximum atomic E-state index is 12.2. The van der Waals surface area contributed by atoms with Gasteiger partial charge in [-0.05, 0) is 18.8 Å². The highest BCUT2D eigenvalue weighted by Crippen LogP contribution is 2.22. The number of carbonyl (C=O) groups excluding carboxylic acids is 1. The van der Waals surface area contributed by atoms with E-state index in [0.717, 1.165) is 25.8 Å². The topological polar surface area (TPSA) is 29.5 Å². The summed E-state index contributed by atoms with van der Waals surface area (Å²) < 4.78 is 5.50. The first-order valence-corrected chi connectivity index (χ1v) is 6.70. The van der Waals surface area contributed by atoms with Crippen molar-refractivity contribution >= 4 is 17.5 Å². The summed E-state index contributed by atoms with van der Waals surface area (Å²) in [5.74, 6) is 0.961. The molecule has 1 fully saturated rings. The third-order valence-corrected chi connectivity index (χ3v) is 3.25. The minimum atomic E-state index is -0.236. The standard InChI is InChI=1S/C12H22ClNO2/c1-3-4-7-14(8-6-13)12(15)11-10(2)5-9-16-11/h10-11H,3-9H2,1-2H3. The molecule has 1 saturated heterocycles. The third kappa shape index (κ3) is 3.63. The highest BCUT2D eigenvalue weighted by atomic mass is 35.5. The van der Waals surface area contributed by atoms with Crippen LogP contribution in [0.25, 0.3) is 0 Å². The average Bonchev–Trinajstić information content (AvgIpc) is 2.69. The number of hydrogen-bond donors (Lipinski definition) is 0. The first kappa shape index (κ1) is 13.8. The Bertz CT molecular complexity index is 223. The van der Waals surface area contributed by atoms with Gasteiger partial charge in [-0.3, -0.25) is 4.79 Å². The zero-order valence-corrected chi connectivity index (χ0v) is 11.0. The molecule has 0 aromatic rings. The molecule has 0 N–H and O–H groups in total. The van der Waals surface area contributed by atoms with E-state index in [1.54, 1.807) is 0 Å². The van der Waals surface area contributed by atoms with Gasteiger partial charge in [0.1, 0.15) is 6.10 Å². The number of carbonyl (C=O) groups is 1. The predicted molar refractivity (Wildman–Crippen MR) is 65.7 cm³/mol. The number of hydrogen-bond acceptors (Lipinski definition) is 2. The predicted octanol–water partition coefficient (Wildman–Crippen LogP) is 2.28. The van der Waals surface area contributed by atoms with Crippen LogP contribution in [0.2, 0.25) is 0 Å². The van der Waals surface area contributed by atoms with Gasteiger partial charge in [-0.2, -0.15) is 0 Å². The minimum Gasteiger partial charge on any atom is -0.368 e. The molecule has 0 aromatic carbocycles. The van der Waals surface area contributed by atoms with Crippen LogP contribution in [0.1, 0.15) is 33.1 Å². The van der Waals surface area contributed by atoms with Gasteiger partial charge >= 0.3 is 0 Å². The molecule has 0 aliphatic carbocycles. The van der Waals surface area contributed by atoms with Gasteiger partial charge in [-0.25, -0.2) is 0 Å². The molecule has 0 bridgehead atoms. The van der Waals surface area contributed by atoms with Crippen LogP contribution in [0.5, 0.6) is 0 Å². The van der Waals surface area contributed by atoms with Gasteiger partial charge < -0.3 is 9.64 Å². The van der Waals surface area contributed by atoms with Gasteiger partial charge in [-0.1, -0.05) is 20.3 Å². The lowest BCUT2D eigenvalue weighted by Crippen LogP contribution is -2.42. The van der Waals surface area contributed by atoms with Crippen molar-refractivity contribution in [2.24, 2.45) is 5.92 Å². The Labute approximate surface area is 103 Å². The van der Waals surface area contributed by atoms with Crippen LogP contribution in [0.15, 0.2) is 0 Å². The number of alkyl halides is 1. The Morgan fingerprint density at radius 3 is 2.75 bits per heavy atom. The van der Waals surface area contributed by atoms with Gasteiger partial charge in [0.05, 0.1) is 0 Å². The SMILES string of the molecule is CCCCN(CCCl)C(=O)C1OCCC1C. The summed E-state index contributed by atoms with van der Waals surface area (Å²) in [5, 5.41) is 0. The molecular weight excluding hydrogens is 226 g/mol. The number of nitrogens with zero attached hydrogens (tertiary/aromatic N) is 1. The molecular formula is C12H22ClNO2. The fourth-order valence-electron chi connectivity index (χ4n) is 1.97. The van der Waals surface area contributed by atoms with E-state index in [9.17, 15) is 4.79 Å². The van der Waals surface area contributed by atoms with Gasteiger partial charge in [0.2, 0.25) is 0 Å². The minimum absolute atomic E-state index is 0.124. The molecule has 3 nitrogen and oxygen atoms in total. The fourth-order valence-corrected chi connectivity index (χ4v) is 2.18. The Hall–Kier alpha value is -0.280. The molecule has 4 heteroatoms. The van der Waals surface area contributed by atoms with Crippen LogP contribution >= 0.6 is 11.6 Å². The normalized spacial score (nSPS) is 24.7. The lowest BCUT2D eigenvalue weighted by Gasteiger charge is -2.26. The number of amides is 1. The van der Waals surface area contributed by atoms with E-state index < -0.39 is 0 Å². The van der Waals surface area contributed by atoms with Gasteiger partial charge in [0.15, 0.2) is 0 Å². The van der Waals surface area contributed by atoms with E-state index in [4.69, 9.17) is 16.3 Å². The summed E-state index contributed by atoms with van der Waals surface area (Å²) in [6.07, 6.45) is 2.87. The summed E-state index contributed by atoms with van der Waals surface area (Å²) in [7, 11) is 0. The Morgan fingerprint density at radius 2 is 2.25 bits per heavy atom. The molecule has 1 aliphatic heterocycles. The van der Waals surface area contributed by atoms with Crippen LogP contribution in [0, 0.1) is 5.92 Å². The molecule has 16 heavy (non-hydrogen) atoms. The van der Waals surface area contributed by atoms with E-state index in [2.05, 4.69) is 13.8 Å². The molecule has 0 radical (unpaired) electrons. The van der Waals surface area contributed by atoms with Crippen molar-refractivity contribution in [1.82, 2.24) is 4.90 Å². The van der Waals surface area contributed by atoms with Crippen molar-refractivity contribution in [3.63, 3.8) is 0 Å². The van der Waals surface area contributed by atoms with E-state index in [1.165, 1.54) is 0 Å². The average molecular weight is 248 g/mol. The van der Waals surface area contributed by atoms with E-state index >= 15 is 0 Å². The molecule has 1 rings (SSSR count). The highest BCUT2D eigenvalue weighted by Gasteiger charge is 2.33. The lowest BCUT2D eigenvalue weighted by molar-refractivity contribution is -0.142. The summed E-state index contributed by atoms with van der Waals surface area (Å²) in [5.41, 5.74) is 0. The van der Waals surface area contributed by atoms with E-state index in [1.807, 2.05) is 4.90 Å². The van der Waals surface area contributed by atoms with Crippen LogP contribution < -0.4 is 0 Å². The number of rotatable bonds is 6. The first-order valence-electron chi connectivity index (χ1n) is 6.17. The summed E-state index contributed by atoms with van der Waals surface area (Å²) in [6, 6.07) is 0. The molecule has 0 aromatic heterocycles. The smallest absolute Gasteiger partial charge is 0.252 e. The first-order chi connectivity index (χ1) is 7.70. The molecule has 0 spiro atoms. The zero-order chi connectivity index (χ0) is 12.0. The Balaban J connectivity index is 2.51. The molecule has 2 atom stereocenters. The van der Waals surface area contributed by atoms with Crippen molar-refractivity contribution in [3.05, 3.63) is 0 Å². The number of ether oxygens (including phenoxy) is 1. The lowest BCUT2D eigenvalue weighted by atomic mass is 10.0. The van der Waals surface area contributed by atoms with Crippen LogP contribution in [0.3, 0.4) is 0 Å². The largest absolute Gasteiger partial charge is 0.368 e. The van der Waals surface area contributed by atoms with Crippen molar-refractivity contribution in [2.75, 3.05) is 25.6 Å². The second kappa shape index (κ2) is 7.13. The third-order valence-electron chi connectivity index (χ3n) is 3.08. The van der Waals surface area contributed by atoms with E-state index in [0.29, 0.717) is 24.9 Å². The monoisotopic (exact) mass is 247 g/mol. The van der Waals surface area contributed by atoms with Crippen molar-refractivity contribution in [2.45, 2.75) is 39.2 Å². The fraction of sp³-hybridized carbons (Fsp3) is 0.917. The summed E-state index contributed by atoms with van der Waals surface area (Å²) in [4.78, 5) is 14.0. The second-order valence-corrected chi connectivity index (χ2v) is 4.80. The van der Waals surface area contributed by atoms with Crippen molar-refractivity contribution < 1.29 is 9.53 Å². The van der Waals surface area contributed by atoms with Gasteiger partial charge in [0.25, 0.3) is 5.91 Å². The molecule has 2 unspecified atom stereocenters. The molecule has 1 aliphatic rings. The highest BCUT2D eigenvalue weighted by molar-refractivity contribution is 6.18. The van der Waals surface area contributed by atoms with Crippen molar-refractivity contribution in [3.8, 4) is 0 Å². The maximum Gasteiger partial charge on any atom is 0.252 e. The summed E-state index contributed by atoms with van der Waals surface area (Å²) in [6.45, 7) is 6.34. The molecule has 94 valence electrons. The zero-order valence-electron chi connectivity index (χ0n) is 10.2. The molecule has 1 heterocycles. The second-order valence-electron chi connectivity index (χ2n) is 4.43. The van der Waals surface area contributed by atoms with Gasteiger partial charge in [-0.15, -0.1) is 11.6 Å². The number of unbranched alkanes of at least 4 members (excludes halogenated alkanes) is 1. The quantitative estimate of drug-likeness (QED) is 0.674. The van der Waals surface area contributed by atoms with Gasteiger partial charge in [0, 0.05) is 25.6 Å². The summed E-state index contributed by atoms with van der Waals surface area (Å²) >= 11 is 5.73. The Kier molecular flexibility index (Phi) is 6.14. The van der Waals surface area contributed by atoms with Crippen LogP contribution in [-0.2, 0) is 9.53 Å². The Morgan fingerprint density at radius 1 is 1.50 bits per heavy atom. The van der Waals surface area contributed by atoms with Crippen LogP contribution in [0.4, 0.5) is 0 Å². The molecule has 1 amide bonds. The van der Waals surface area contributed by atoms with Crippen molar-refractivity contribution in [1.29, 1.82) is 0 Å². The number of halogens is 1.